The van der Waals surface area contributed by atoms with E-state index >= 15 is 0 Å². The largest absolute Gasteiger partial charge is 1.00 e. The molecule has 0 saturated carbocycles. The van der Waals surface area contributed by atoms with E-state index in [0.29, 0.717) is 11.4 Å². The van der Waals surface area contributed by atoms with Crippen LogP contribution in [0.5, 0.6) is 0 Å². The minimum atomic E-state index is -0.585. The van der Waals surface area contributed by atoms with Crippen molar-refractivity contribution in [3.05, 3.63) is 52.9 Å². The number of carbonyl (C=O) groups is 1. The van der Waals surface area contributed by atoms with Gasteiger partial charge in [0.15, 0.2) is 5.76 Å². The van der Waals surface area contributed by atoms with E-state index in [0.717, 1.165) is 5.56 Å². The molecule has 0 aromatic heterocycles. The third-order valence-electron chi connectivity index (χ3n) is 2.57. The van der Waals surface area contributed by atoms with Gasteiger partial charge in [-0.2, -0.15) is 30.3 Å². The van der Waals surface area contributed by atoms with Crippen molar-refractivity contribution in [2.24, 2.45) is 4.99 Å². The van der Waals surface area contributed by atoms with Gasteiger partial charge in [-0.1, -0.05) is 0 Å². The molecule has 5 heteroatoms. The smallest absolute Gasteiger partial charge is 0.505 e. The van der Waals surface area contributed by atoms with Gasteiger partial charge >= 0.3 is 35.5 Å². The van der Waals surface area contributed by atoms with Gasteiger partial charge in [-0.15, -0.1) is 5.56 Å². The fraction of sp³-hybridized carbons (Fsp3) is 0.143. The summed E-state index contributed by atoms with van der Waals surface area (Å²) in [6.45, 7) is 1.65. The summed E-state index contributed by atoms with van der Waals surface area (Å²) in [5.74, 6) is -0.731. The van der Waals surface area contributed by atoms with Crippen molar-refractivity contribution in [2.45, 2.75) is 6.92 Å². The van der Waals surface area contributed by atoms with Crippen LogP contribution in [0.2, 0.25) is 0 Å². The van der Waals surface area contributed by atoms with Crippen molar-refractivity contribution in [3.63, 3.8) is 0 Å². The van der Waals surface area contributed by atoms with E-state index in [1.54, 1.807) is 25.1 Å². The molecule has 1 heterocycles. The molecule has 0 amide bonds. The van der Waals surface area contributed by atoms with E-state index in [-0.39, 0.29) is 40.9 Å². The molecule has 1 aromatic rings. The van der Waals surface area contributed by atoms with Crippen LogP contribution in [0.3, 0.4) is 0 Å². The zero-order valence-electron chi connectivity index (χ0n) is 11.1. The van der Waals surface area contributed by atoms with Crippen molar-refractivity contribution in [2.75, 3.05) is 7.11 Å². The maximum absolute atomic E-state index is 11.5. The number of methoxy groups -OCH3 is 1. The maximum Gasteiger partial charge on any atom is 1.00 e. The third-order valence-corrected chi connectivity index (χ3v) is 2.57. The molecule has 0 radical (unpaired) electrons. The molecule has 2 rings (SSSR count). The van der Waals surface area contributed by atoms with E-state index in [4.69, 9.17) is 0 Å². The number of ether oxygens (including phenoxy) is 1. The van der Waals surface area contributed by atoms with Crippen molar-refractivity contribution < 1.29 is 44.2 Å². The predicted octanol–water partition coefficient (Wildman–Crippen LogP) is -0.709. The first-order valence-electron chi connectivity index (χ1n) is 5.39. The summed E-state index contributed by atoms with van der Waals surface area (Å²) in [5.41, 5.74) is 1.80. The molecular formula is C14H12NNaO3. The van der Waals surface area contributed by atoms with E-state index < -0.39 is 5.97 Å². The number of hydrogen-bond acceptors (Lipinski definition) is 4. The summed E-state index contributed by atoms with van der Waals surface area (Å²) in [7, 11) is 1.27. The van der Waals surface area contributed by atoms with Crippen LogP contribution in [0, 0.1) is 6.07 Å². The molecule has 4 nitrogen and oxygen atoms in total. The van der Waals surface area contributed by atoms with Crippen LogP contribution in [-0.4, -0.2) is 23.9 Å². The van der Waals surface area contributed by atoms with Crippen LogP contribution in [0.25, 0.3) is 6.08 Å². The second-order valence-electron chi connectivity index (χ2n) is 3.78. The molecular weight excluding hydrogens is 253 g/mol. The average Bonchev–Trinajstić information content (AvgIpc) is 2.65. The Morgan fingerprint density at radius 2 is 2.05 bits per heavy atom. The summed E-state index contributed by atoms with van der Waals surface area (Å²) >= 11 is 0. The first kappa shape index (κ1) is 15.7. The Balaban J connectivity index is 0.00000180. The second-order valence-corrected chi connectivity index (χ2v) is 3.78. The van der Waals surface area contributed by atoms with Gasteiger partial charge in [0.05, 0.1) is 12.8 Å². The SMILES string of the molecule is COC(=O)C1=C(O)/C(=C\c2cc[c-]cc2)N=C1C.[Na+]. The van der Waals surface area contributed by atoms with Crippen molar-refractivity contribution in [3.8, 4) is 0 Å². The van der Waals surface area contributed by atoms with Crippen molar-refractivity contribution in [1.29, 1.82) is 0 Å². The second kappa shape index (κ2) is 6.70. The Labute approximate surface area is 133 Å². The fourth-order valence-electron chi connectivity index (χ4n) is 1.69. The zero-order valence-corrected chi connectivity index (χ0v) is 13.1. The van der Waals surface area contributed by atoms with E-state index in [9.17, 15) is 9.90 Å². The topological polar surface area (TPSA) is 58.9 Å². The third kappa shape index (κ3) is 3.35. The van der Waals surface area contributed by atoms with Gasteiger partial charge < -0.3 is 9.84 Å². The van der Waals surface area contributed by atoms with Gasteiger partial charge in [-0.05, 0) is 13.0 Å². The number of aliphatic hydroxyl groups excluding tert-OH is 1. The minimum absolute atomic E-state index is 0. The molecule has 92 valence electrons. The number of hydrogen-bond donors (Lipinski definition) is 1. The van der Waals surface area contributed by atoms with Gasteiger partial charge in [0.25, 0.3) is 0 Å². The summed E-state index contributed by atoms with van der Waals surface area (Å²) in [5, 5.41) is 9.97. The van der Waals surface area contributed by atoms with Crippen LogP contribution >= 0.6 is 0 Å². The van der Waals surface area contributed by atoms with Gasteiger partial charge in [0.1, 0.15) is 11.3 Å². The number of rotatable bonds is 2. The molecule has 0 spiro atoms. The van der Waals surface area contributed by atoms with Gasteiger partial charge in [-0.3, -0.25) is 0 Å². The van der Waals surface area contributed by atoms with Crippen LogP contribution in [0.4, 0.5) is 0 Å². The van der Waals surface area contributed by atoms with Crippen molar-refractivity contribution in [1.82, 2.24) is 0 Å². The zero-order chi connectivity index (χ0) is 13.1. The summed E-state index contributed by atoms with van der Waals surface area (Å²) in [6, 6.07) is 10.1. The molecule has 1 N–H and O–H groups in total. The van der Waals surface area contributed by atoms with Gasteiger partial charge in [0.2, 0.25) is 0 Å². The number of benzene rings is 1. The molecule has 19 heavy (non-hydrogen) atoms. The van der Waals surface area contributed by atoms with Crippen LogP contribution in [-0.2, 0) is 9.53 Å². The molecule has 0 saturated heterocycles. The van der Waals surface area contributed by atoms with Crippen molar-refractivity contribution >= 4 is 17.8 Å². The summed E-state index contributed by atoms with van der Waals surface area (Å²) < 4.78 is 4.60. The van der Waals surface area contributed by atoms with Crippen LogP contribution in [0.1, 0.15) is 12.5 Å². The Hall–Kier alpha value is -1.36. The van der Waals surface area contributed by atoms with Crippen LogP contribution < -0.4 is 29.6 Å². The Morgan fingerprint density at radius 1 is 1.42 bits per heavy atom. The van der Waals surface area contributed by atoms with E-state index in [2.05, 4.69) is 15.8 Å². The predicted molar refractivity (Wildman–Crippen MR) is 68.0 cm³/mol. The monoisotopic (exact) mass is 265 g/mol. The quantitative estimate of drug-likeness (QED) is 0.437. The first-order valence-corrected chi connectivity index (χ1v) is 5.39. The number of carbonyl (C=O) groups excluding carboxylic acids is 1. The van der Waals surface area contributed by atoms with Crippen LogP contribution in [0.15, 0.2) is 46.3 Å². The molecule has 0 unspecified atom stereocenters. The van der Waals surface area contributed by atoms with Gasteiger partial charge in [-0.25, -0.2) is 9.79 Å². The van der Waals surface area contributed by atoms with E-state index in [1.165, 1.54) is 7.11 Å². The summed E-state index contributed by atoms with van der Waals surface area (Å²) in [4.78, 5) is 15.6. The molecule has 1 aromatic carbocycles. The molecule has 0 bridgehead atoms. The number of aliphatic imine (C=N–C) groups is 1. The molecule has 0 fully saturated rings. The normalized spacial score (nSPS) is 16.1. The average molecular weight is 265 g/mol. The van der Waals surface area contributed by atoms with E-state index in [1.807, 2.05) is 12.1 Å². The molecule has 1 aliphatic heterocycles. The molecule has 1 aliphatic rings. The number of aliphatic hydroxyl groups is 1. The van der Waals surface area contributed by atoms with Gasteiger partial charge in [0, 0.05) is 0 Å². The Morgan fingerprint density at radius 3 is 2.63 bits per heavy atom. The Bertz CT molecular complexity index is 574. The number of esters is 1. The minimum Gasteiger partial charge on any atom is -0.505 e. The first-order chi connectivity index (χ1) is 8.63. The number of nitrogens with zero attached hydrogens (tertiary/aromatic N) is 1. The maximum atomic E-state index is 11.5. The molecule has 0 aliphatic carbocycles. The standard InChI is InChI=1S/C14H12NO3.Na/c1-9-12(14(17)18-2)13(16)11(15-9)8-10-6-4-3-5-7-10;/h4-8,16H,1-2H3;/q-1;+1/b11-8+;. The summed E-state index contributed by atoms with van der Waals surface area (Å²) in [6.07, 6.45) is 1.70. The fourth-order valence-corrected chi connectivity index (χ4v) is 1.69. The Kier molecular flexibility index (Phi) is 5.54. The molecule has 0 atom stereocenters.